The number of halogens is 4. The minimum atomic E-state index is -5.01. The van der Waals surface area contributed by atoms with Gasteiger partial charge in [0.05, 0.1) is 32.7 Å². The Morgan fingerprint density at radius 2 is 1.45 bits per heavy atom. The summed E-state index contributed by atoms with van der Waals surface area (Å²) < 4.78 is 116. The van der Waals surface area contributed by atoms with E-state index >= 15 is 0 Å². The Morgan fingerprint density at radius 3 is 1.82 bits per heavy atom. The van der Waals surface area contributed by atoms with Gasteiger partial charge < -0.3 is 5.11 Å². The second-order valence-corrected chi connectivity index (χ2v) is 13.5. The summed E-state index contributed by atoms with van der Waals surface area (Å²) >= 11 is 6.14. The Hall–Kier alpha value is -2.14. The van der Waals surface area contributed by atoms with Crippen molar-refractivity contribution in [1.82, 2.24) is 14.0 Å². The molecule has 1 aromatic carbocycles. The molecule has 0 bridgehead atoms. The van der Waals surface area contributed by atoms with Crippen molar-refractivity contribution in [3.63, 3.8) is 0 Å². The first-order valence-electron chi connectivity index (χ1n) is 8.53. The molecule has 182 valence electrons. The highest BCUT2D eigenvalue weighted by Gasteiger charge is 2.39. The standard InChI is InChI=1S/C16H15ClF3N3O7S3/c1-31(25,26)8-4-10(32(2,27)28)13(11(5-8)33(3,29)30)23-12(17)6-22-9(7-24)14(16(18,19)20)21-15(22)23/h4-6,24H,7H2,1-3H3. The third-order valence-corrected chi connectivity index (χ3v) is 8.10. The van der Waals surface area contributed by atoms with Crippen LogP contribution < -0.4 is 0 Å². The second-order valence-electron chi connectivity index (χ2n) is 7.10. The number of benzene rings is 1. The molecule has 2 heterocycles. The molecule has 3 rings (SSSR count). The van der Waals surface area contributed by atoms with Crippen molar-refractivity contribution in [2.24, 2.45) is 0 Å². The van der Waals surface area contributed by atoms with Gasteiger partial charge in [0.15, 0.2) is 35.2 Å². The highest BCUT2D eigenvalue weighted by Crippen LogP contribution is 2.38. The number of rotatable bonds is 5. The first-order chi connectivity index (χ1) is 14.8. The number of aromatic nitrogens is 3. The summed E-state index contributed by atoms with van der Waals surface area (Å²) in [5, 5.41) is 9.01. The topological polar surface area (TPSA) is 145 Å². The van der Waals surface area contributed by atoms with E-state index in [1.54, 1.807) is 0 Å². The van der Waals surface area contributed by atoms with Crippen molar-refractivity contribution in [1.29, 1.82) is 0 Å². The van der Waals surface area contributed by atoms with Crippen molar-refractivity contribution in [2.45, 2.75) is 27.5 Å². The van der Waals surface area contributed by atoms with Crippen LogP contribution in [-0.2, 0) is 42.3 Å². The van der Waals surface area contributed by atoms with Gasteiger partial charge in [-0.05, 0) is 12.1 Å². The van der Waals surface area contributed by atoms with Crippen LogP contribution in [0.5, 0.6) is 0 Å². The van der Waals surface area contributed by atoms with Crippen molar-refractivity contribution in [3.8, 4) is 5.69 Å². The van der Waals surface area contributed by atoms with Gasteiger partial charge in [0.2, 0.25) is 5.78 Å². The Kier molecular flexibility index (Phi) is 5.94. The zero-order valence-electron chi connectivity index (χ0n) is 16.9. The Labute approximate surface area is 191 Å². The van der Waals surface area contributed by atoms with E-state index in [0.717, 1.165) is 16.9 Å². The molecular weight excluding hydrogens is 535 g/mol. The maximum atomic E-state index is 13.4. The van der Waals surface area contributed by atoms with Crippen LogP contribution in [0.2, 0.25) is 5.15 Å². The molecule has 3 aromatic rings. The Bertz CT molecular complexity index is 1570. The number of hydrogen-bond acceptors (Lipinski definition) is 8. The lowest BCUT2D eigenvalue weighted by Crippen LogP contribution is -2.14. The highest BCUT2D eigenvalue weighted by atomic mass is 35.5. The predicted octanol–water partition coefficient (Wildman–Crippen LogP) is 1.50. The second kappa shape index (κ2) is 7.69. The normalized spacial score (nSPS) is 13.7. The molecule has 1 N–H and O–H groups in total. The van der Waals surface area contributed by atoms with Crippen LogP contribution >= 0.6 is 11.6 Å². The van der Waals surface area contributed by atoms with Gasteiger partial charge in [0.25, 0.3) is 0 Å². The molecule has 33 heavy (non-hydrogen) atoms. The molecule has 0 saturated carbocycles. The molecule has 2 aromatic heterocycles. The van der Waals surface area contributed by atoms with Crippen molar-refractivity contribution in [3.05, 3.63) is 34.9 Å². The van der Waals surface area contributed by atoms with Crippen LogP contribution in [0.1, 0.15) is 11.4 Å². The number of aliphatic hydroxyl groups is 1. The maximum absolute atomic E-state index is 13.4. The highest BCUT2D eigenvalue weighted by molar-refractivity contribution is 7.92. The van der Waals surface area contributed by atoms with E-state index in [1.165, 1.54) is 0 Å². The van der Waals surface area contributed by atoms with E-state index < -0.39 is 85.0 Å². The minimum absolute atomic E-state index is 0.456. The predicted molar refractivity (Wildman–Crippen MR) is 110 cm³/mol. The summed E-state index contributed by atoms with van der Waals surface area (Å²) in [6.07, 6.45) is -2.10. The zero-order valence-corrected chi connectivity index (χ0v) is 20.1. The molecule has 0 aliphatic heterocycles. The SMILES string of the molecule is CS(=O)(=O)c1cc(S(C)(=O)=O)c(-n2c(Cl)cn3c(CO)c(C(F)(F)F)nc23)c(S(C)(=O)=O)c1. The molecule has 17 heteroatoms. The van der Waals surface area contributed by atoms with Crippen molar-refractivity contribution in [2.75, 3.05) is 18.8 Å². The molecular formula is C16H15ClF3N3O7S3. The molecule has 0 radical (unpaired) electrons. The van der Waals surface area contributed by atoms with Crippen LogP contribution in [0.25, 0.3) is 11.5 Å². The molecule has 0 fully saturated rings. The Balaban J connectivity index is 2.65. The van der Waals surface area contributed by atoms with Gasteiger partial charge in [-0.1, -0.05) is 11.6 Å². The van der Waals surface area contributed by atoms with Gasteiger partial charge in [-0.2, -0.15) is 13.2 Å². The lowest BCUT2D eigenvalue weighted by Gasteiger charge is -2.16. The molecule has 10 nitrogen and oxygen atoms in total. The molecule has 0 amide bonds. The van der Waals surface area contributed by atoms with Crippen LogP contribution in [0.4, 0.5) is 13.2 Å². The molecule has 0 aliphatic carbocycles. The molecule has 0 aliphatic rings. The maximum Gasteiger partial charge on any atom is 0.435 e. The monoisotopic (exact) mass is 549 g/mol. The lowest BCUT2D eigenvalue weighted by atomic mass is 10.3. The lowest BCUT2D eigenvalue weighted by molar-refractivity contribution is -0.142. The van der Waals surface area contributed by atoms with E-state index in [0.29, 0.717) is 29.2 Å². The summed E-state index contributed by atoms with van der Waals surface area (Å²) in [5.41, 5.74) is -2.94. The minimum Gasteiger partial charge on any atom is -0.390 e. The number of hydrogen-bond donors (Lipinski definition) is 1. The van der Waals surface area contributed by atoms with Gasteiger partial charge in [-0.3, -0.25) is 8.97 Å². The van der Waals surface area contributed by atoms with E-state index in [4.69, 9.17) is 11.6 Å². The fourth-order valence-electron chi connectivity index (χ4n) is 3.15. The van der Waals surface area contributed by atoms with Crippen LogP contribution in [-0.4, -0.2) is 63.1 Å². The summed E-state index contributed by atoms with van der Waals surface area (Å²) in [6, 6.07) is 1.37. The fourth-order valence-corrected chi connectivity index (χ4v) is 6.07. The van der Waals surface area contributed by atoms with E-state index in [1.807, 2.05) is 0 Å². The van der Waals surface area contributed by atoms with E-state index in [-0.39, 0.29) is 0 Å². The van der Waals surface area contributed by atoms with Gasteiger partial charge in [0, 0.05) is 25.0 Å². The van der Waals surface area contributed by atoms with Crippen LogP contribution in [0.15, 0.2) is 33.0 Å². The molecule has 0 unspecified atom stereocenters. The van der Waals surface area contributed by atoms with Crippen molar-refractivity contribution >= 4 is 46.9 Å². The van der Waals surface area contributed by atoms with Gasteiger partial charge >= 0.3 is 6.18 Å². The average molecular weight is 550 g/mol. The number of fused-ring (bicyclic) bond motifs is 1. The zero-order chi connectivity index (χ0) is 25.3. The third-order valence-electron chi connectivity index (χ3n) is 4.52. The van der Waals surface area contributed by atoms with E-state index in [9.17, 15) is 43.5 Å². The van der Waals surface area contributed by atoms with Gasteiger partial charge in [0.1, 0.15) is 5.15 Å². The number of aliphatic hydroxyl groups excluding tert-OH is 1. The van der Waals surface area contributed by atoms with E-state index in [2.05, 4.69) is 4.98 Å². The summed E-state index contributed by atoms with van der Waals surface area (Å²) in [4.78, 5) is 1.11. The van der Waals surface area contributed by atoms with Gasteiger partial charge in [-0.15, -0.1) is 0 Å². The number of sulfone groups is 3. The van der Waals surface area contributed by atoms with Crippen LogP contribution in [0, 0.1) is 0 Å². The average Bonchev–Trinajstić information content (AvgIpc) is 3.12. The first-order valence-corrected chi connectivity index (χ1v) is 14.6. The summed E-state index contributed by atoms with van der Waals surface area (Å²) in [7, 11) is -12.8. The first kappa shape index (κ1) is 25.5. The Morgan fingerprint density at radius 1 is 0.970 bits per heavy atom. The quantitative estimate of drug-likeness (QED) is 0.504. The largest absolute Gasteiger partial charge is 0.435 e. The summed E-state index contributed by atoms with van der Waals surface area (Å²) in [5.74, 6) is -0.654. The number of alkyl halides is 3. The molecule has 0 saturated heterocycles. The molecule has 0 atom stereocenters. The fraction of sp³-hybridized carbons (Fsp3) is 0.312. The smallest absolute Gasteiger partial charge is 0.390 e. The number of imidazole rings is 2. The van der Waals surface area contributed by atoms with Gasteiger partial charge in [-0.25, -0.2) is 30.2 Å². The summed E-state index contributed by atoms with van der Waals surface area (Å²) in [6.45, 7) is -1.12. The van der Waals surface area contributed by atoms with Crippen molar-refractivity contribution < 1.29 is 43.5 Å². The van der Waals surface area contributed by atoms with Crippen LogP contribution in [0.3, 0.4) is 0 Å². The molecule has 0 spiro atoms. The third kappa shape index (κ3) is 4.49. The number of nitrogens with zero attached hydrogens (tertiary/aromatic N) is 3.